The summed E-state index contributed by atoms with van der Waals surface area (Å²) in [6, 6.07) is 9.93. The number of nitrogens with zero attached hydrogens (tertiary/aromatic N) is 4. The molecule has 0 bridgehead atoms. The van der Waals surface area contributed by atoms with Gasteiger partial charge < -0.3 is 14.7 Å². The van der Waals surface area contributed by atoms with Gasteiger partial charge in [-0.05, 0) is 63.4 Å². The third-order valence-electron chi connectivity index (χ3n) is 7.51. The molecule has 1 spiro atoms. The smallest absolute Gasteiger partial charge is 0.128 e. The number of aromatic amines is 1. The van der Waals surface area contributed by atoms with Crippen LogP contribution in [0.5, 0.6) is 5.75 Å². The molecular weight excluding hydrogens is 497 g/mol. The summed E-state index contributed by atoms with van der Waals surface area (Å²) in [5.74, 6) is 1.65. The van der Waals surface area contributed by atoms with Gasteiger partial charge in [-0.25, -0.2) is 4.98 Å². The van der Waals surface area contributed by atoms with E-state index in [0.717, 1.165) is 65.9 Å². The van der Waals surface area contributed by atoms with Gasteiger partial charge >= 0.3 is 0 Å². The number of benzene rings is 1. The third-order valence-corrected chi connectivity index (χ3v) is 8.29. The molecule has 2 fully saturated rings. The summed E-state index contributed by atoms with van der Waals surface area (Å²) >= 11 is 12.8. The average molecular weight is 524 g/mol. The topological polar surface area (TPSA) is 87.2 Å². The first-order chi connectivity index (χ1) is 17.3. The molecule has 1 aromatic carbocycles. The molecule has 9 heteroatoms. The zero-order valence-corrected chi connectivity index (χ0v) is 21.6. The van der Waals surface area contributed by atoms with E-state index in [9.17, 15) is 5.11 Å². The van der Waals surface area contributed by atoms with E-state index in [-0.39, 0.29) is 17.6 Å². The number of aryl methyl sites for hydroxylation is 1. The molecule has 1 saturated carbocycles. The molecule has 1 unspecified atom stereocenters. The molecule has 36 heavy (non-hydrogen) atoms. The lowest BCUT2D eigenvalue weighted by Crippen LogP contribution is -2.55. The predicted octanol–water partition coefficient (Wildman–Crippen LogP) is 6.13. The van der Waals surface area contributed by atoms with Gasteiger partial charge in [0, 0.05) is 47.4 Å². The zero-order chi connectivity index (χ0) is 25.0. The predicted molar refractivity (Wildman–Crippen MR) is 142 cm³/mol. The van der Waals surface area contributed by atoms with Crippen molar-refractivity contribution in [3.63, 3.8) is 0 Å². The van der Waals surface area contributed by atoms with Gasteiger partial charge in [-0.1, -0.05) is 23.2 Å². The van der Waals surface area contributed by atoms with Crippen molar-refractivity contribution in [2.45, 2.75) is 45.3 Å². The molecule has 2 aliphatic rings. The first kappa shape index (κ1) is 23.5. The Morgan fingerprint density at radius 3 is 2.72 bits per heavy atom. The van der Waals surface area contributed by atoms with Crippen molar-refractivity contribution in [3.8, 4) is 17.0 Å². The number of aliphatic hydroxyl groups is 1. The van der Waals surface area contributed by atoms with Crippen LogP contribution >= 0.6 is 23.2 Å². The van der Waals surface area contributed by atoms with Crippen LogP contribution < -0.4 is 9.64 Å². The summed E-state index contributed by atoms with van der Waals surface area (Å²) in [6.07, 6.45) is 5.89. The second-order valence-corrected chi connectivity index (χ2v) is 10.9. The maximum absolute atomic E-state index is 9.91. The third kappa shape index (κ3) is 4.09. The monoisotopic (exact) mass is 523 g/mol. The lowest BCUT2D eigenvalue weighted by molar-refractivity contribution is 0.142. The molecule has 0 amide bonds. The van der Waals surface area contributed by atoms with Crippen LogP contribution in [-0.2, 0) is 0 Å². The Balaban J connectivity index is 1.22. The Morgan fingerprint density at radius 2 is 2.00 bits per heavy atom. The molecule has 0 radical (unpaired) electrons. The Bertz CT molecular complexity index is 1430. The van der Waals surface area contributed by atoms with Crippen LogP contribution in [0.4, 0.5) is 5.82 Å². The number of hydrogen-bond acceptors (Lipinski definition) is 6. The van der Waals surface area contributed by atoms with Crippen LogP contribution in [0.25, 0.3) is 22.2 Å². The number of anilines is 1. The number of rotatable bonds is 5. The fraction of sp³-hybridized carbons (Fsp3) is 0.370. The highest BCUT2D eigenvalue weighted by atomic mass is 35.5. The SMILES string of the molecule is Cc1ncc(Cl)c([C@@H](C)Oc2ccc3[nH]nc(-c4ccc(N5CC6(CCC(O)C6)C5)nc4)c3c2)c1Cl. The number of nitrogens with one attached hydrogen (secondary N) is 1. The van der Waals surface area contributed by atoms with E-state index >= 15 is 0 Å². The van der Waals surface area contributed by atoms with E-state index in [1.807, 2.05) is 44.3 Å². The molecule has 6 rings (SSSR count). The number of halogens is 2. The molecule has 7 nitrogen and oxygen atoms in total. The lowest BCUT2D eigenvalue weighted by atomic mass is 9.78. The number of fused-ring (bicyclic) bond motifs is 1. The second-order valence-electron chi connectivity index (χ2n) is 10.1. The van der Waals surface area contributed by atoms with E-state index in [0.29, 0.717) is 21.5 Å². The highest BCUT2D eigenvalue weighted by Crippen LogP contribution is 2.46. The highest BCUT2D eigenvalue weighted by Gasteiger charge is 2.48. The van der Waals surface area contributed by atoms with E-state index in [2.05, 4.69) is 26.1 Å². The number of ether oxygens (including phenoxy) is 1. The first-order valence-electron chi connectivity index (χ1n) is 12.2. The van der Waals surface area contributed by atoms with Crippen molar-refractivity contribution in [2.75, 3.05) is 18.0 Å². The molecule has 3 aromatic heterocycles. The Morgan fingerprint density at radius 1 is 1.17 bits per heavy atom. The van der Waals surface area contributed by atoms with Gasteiger partial charge in [-0.2, -0.15) is 5.10 Å². The molecule has 4 heterocycles. The average Bonchev–Trinajstić information content (AvgIpc) is 3.44. The molecule has 4 aromatic rings. The van der Waals surface area contributed by atoms with Gasteiger partial charge in [0.2, 0.25) is 0 Å². The second kappa shape index (κ2) is 8.91. The standard InChI is InChI=1S/C27H27Cl2N5O2/c1-15-25(29)24(21(28)12-30-15)16(2)36-19-4-5-22-20(9-19)26(33-32-22)17-3-6-23(31-11-17)34-13-27(14-34)8-7-18(35)10-27/h3-6,9,11-12,16,18,35H,7-8,10,13-14H2,1-2H3,(H,32,33)/t16-,18?/m1/s1. The summed E-state index contributed by atoms with van der Waals surface area (Å²) in [7, 11) is 0. The molecule has 1 aliphatic heterocycles. The van der Waals surface area contributed by atoms with Gasteiger partial charge in [0.25, 0.3) is 0 Å². The number of aliphatic hydroxyl groups excluding tert-OH is 1. The summed E-state index contributed by atoms with van der Waals surface area (Å²) < 4.78 is 6.23. The van der Waals surface area contributed by atoms with Crippen LogP contribution in [0.15, 0.2) is 42.7 Å². The number of pyridine rings is 2. The Labute approximate surface area is 219 Å². The lowest BCUT2D eigenvalue weighted by Gasteiger charge is -2.49. The van der Waals surface area contributed by atoms with Gasteiger partial charge in [0.1, 0.15) is 23.4 Å². The van der Waals surface area contributed by atoms with Crippen LogP contribution in [-0.4, -0.2) is 44.5 Å². The summed E-state index contributed by atoms with van der Waals surface area (Å²) in [5, 5.41) is 19.5. The minimum Gasteiger partial charge on any atom is -0.486 e. The zero-order valence-electron chi connectivity index (χ0n) is 20.1. The van der Waals surface area contributed by atoms with Crippen molar-refractivity contribution in [2.24, 2.45) is 5.41 Å². The quantitative estimate of drug-likeness (QED) is 0.327. The maximum atomic E-state index is 9.91. The number of H-pyrrole nitrogens is 1. The van der Waals surface area contributed by atoms with Crippen molar-refractivity contribution in [3.05, 3.63) is 64.0 Å². The summed E-state index contributed by atoms with van der Waals surface area (Å²) in [4.78, 5) is 11.2. The minimum absolute atomic E-state index is 0.143. The fourth-order valence-corrected chi connectivity index (χ4v) is 6.25. The van der Waals surface area contributed by atoms with Crippen molar-refractivity contribution < 1.29 is 9.84 Å². The molecule has 1 aliphatic carbocycles. The normalized spacial score (nSPS) is 19.6. The molecular formula is C27H27Cl2N5O2. The summed E-state index contributed by atoms with van der Waals surface area (Å²) in [6.45, 7) is 5.69. The van der Waals surface area contributed by atoms with Crippen molar-refractivity contribution in [1.29, 1.82) is 0 Å². The Kier molecular flexibility index (Phi) is 5.82. The maximum Gasteiger partial charge on any atom is 0.128 e. The molecule has 186 valence electrons. The largest absolute Gasteiger partial charge is 0.486 e. The number of aromatic nitrogens is 4. The van der Waals surface area contributed by atoms with Crippen LogP contribution in [0.1, 0.15) is 43.5 Å². The van der Waals surface area contributed by atoms with Gasteiger partial charge in [0.15, 0.2) is 0 Å². The van der Waals surface area contributed by atoms with Gasteiger partial charge in [-0.15, -0.1) is 0 Å². The molecule has 1 saturated heterocycles. The van der Waals surface area contributed by atoms with Gasteiger partial charge in [-0.3, -0.25) is 10.1 Å². The molecule has 2 atom stereocenters. The van der Waals surface area contributed by atoms with E-state index in [4.69, 9.17) is 32.9 Å². The van der Waals surface area contributed by atoms with Crippen LogP contribution in [0.2, 0.25) is 10.0 Å². The van der Waals surface area contributed by atoms with Crippen LogP contribution in [0, 0.1) is 12.3 Å². The molecule has 2 N–H and O–H groups in total. The first-order valence-corrected chi connectivity index (χ1v) is 12.9. The van der Waals surface area contributed by atoms with Crippen molar-refractivity contribution >= 4 is 39.9 Å². The van der Waals surface area contributed by atoms with E-state index < -0.39 is 0 Å². The number of hydrogen-bond donors (Lipinski definition) is 2. The summed E-state index contributed by atoms with van der Waals surface area (Å²) in [5.41, 5.74) is 4.36. The van der Waals surface area contributed by atoms with Crippen molar-refractivity contribution in [1.82, 2.24) is 20.2 Å². The van der Waals surface area contributed by atoms with E-state index in [1.165, 1.54) is 0 Å². The fourth-order valence-electron chi connectivity index (χ4n) is 5.60. The minimum atomic E-state index is -0.360. The Hall–Kier alpha value is -2.87. The van der Waals surface area contributed by atoms with Gasteiger partial charge in [0.05, 0.1) is 27.4 Å². The highest BCUT2D eigenvalue weighted by molar-refractivity contribution is 6.36. The van der Waals surface area contributed by atoms with Crippen LogP contribution in [0.3, 0.4) is 0 Å². The van der Waals surface area contributed by atoms with E-state index in [1.54, 1.807) is 6.20 Å².